The lowest BCUT2D eigenvalue weighted by Gasteiger charge is -2.10. The van der Waals surface area contributed by atoms with E-state index in [4.69, 9.17) is 28.9 Å². The van der Waals surface area contributed by atoms with Crippen LogP contribution in [0.5, 0.6) is 0 Å². The molecule has 8 heteroatoms. The first-order valence-electron chi connectivity index (χ1n) is 4.26. The summed E-state index contributed by atoms with van der Waals surface area (Å²) in [5.74, 6) is 0. The molecule has 2 rings (SSSR count). The van der Waals surface area contributed by atoms with Crippen molar-refractivity contribution in [2.24, 2.45) is 12.8 Å². The van der Waals surface area contributed by atoms with Gasteiger partial charge in [-0.1, -0.05) is 28.4 Å². The van der Waals surface area contributed by atoms with Crippen molar-refractivity contribution in [1.29, 1.82) is 0 Å². The van der Waals surface area contributed by atoms with Crippen LogP contribution in [-0.2, 0) is 7.05 Å². The van der Waals surface area contributed by atoms with E-state index < -0.39 is 6.04 Å². The molecule has 2 heterocycles. The van der Waals surface area contributed by atoms with E-state index in [2.05, 4.69) is 26.2 Å². The summed E-state index contributed by atoms with van der Waals surface area (Å²) in [7, 11) is 1.77. The highest BCUT2D eigenvalue weighted by Gasteiger charge is 2.22. The van der Waals surface area contributed by atoms with Gasteiger partial charge in [0.15, 0.2) is 4.60 Å². The van der Waals surface area contributed by atoms with E-state index in [0.717, 1.165) is 11.3 Å². The molecule has 0 saturated carbocycles. The molecule has 0 amide bonds. The van der Waals surface area contributed by atoms with Crippen LogP contribution in [0, 0.1) is 0 Å². The van der Waals surface area contributed by atoms with Gasteiger partial charge in [-0.25, -0.2) is 4.68 Å². The van der Waals surface area contributed by atoms with E-state index in [9.17, 15) is 0 Å². The minimum atomic E-state index is -0.398. The summed E-state index contributed by atoms with van der Waals surface area (Å²) < 4.78 is 3.42. The average molecular weight is 342 g/mol. The van der Waals surface area contributed by atoms with Crippen LogP contribution < -0.4 is 5.73 Å². The Morgan fingerprint density at radius 2 is 2.25 bits per heavy atom. The van der Waals surface area contributed by atoms with Crippen molar-refractivity contribution >= 4 is 50.5 Å². The number of rotatable bonds is 2. The Morgan fingerprint density at radius 1 is 1.56 bits per heavy atom. The van der Waals surface area contributed by atoms with E-state index in [0.29, 0.717) is 13.3 Å². The van der Waals surface area contributed by atoms with Crippen LogP contribution in [0.1, 0.15) is 17.3 Å². The zero-order chi connectivity index (χ0) is 11.9. The lowest BCUT2D eigenvalue weighted by Crippen LogP contribution is -2.16. The second-order valence-electron chi connectivity index (χ2n) is 3.15. The van der Waals surface area contributed by atoms with Gasteiger partial charge in [-0.05, 0) is 22.0 Å². The predicted molar refractivity (Wildman–Crippen MR) is 69.1 cm³/mol. The number of halogens is 3. The summed E-state index contributed by atoms with van der Waals surface area (Å²) in [4.78, 5) is 0. The first-order chi connectivity index (χ1) is 7.50. The summed E-state index contributed by atoms with van der Waals surface area (Å²) >= 11 is 16.5. The van der Waals surface area contributed by atoms with E-state index in [1.165, 1.54) is 11.3 Å². The highest BCUT2D eigenvalue weighted by atomic mass is 79.9. The maximum absolute atomic E-state index is 6.11. The topological polar surface area (TPSA) is 56.7 Å². The highest BCUT2D eigenvalue weighted by Crippen LogP contribution is 2.37. The third-order valence-electron chi connectivity index (χ3n) is 2.14. The second-order valence-corrected chi connectivity index (χ2v) is 6.18. The molecular formula is C8H7BrCl2N4S. The standard InChI is InChI=1S/C8H7BrCl2N4S/c1-15-6(7(9)13-14-15)5(12)3-2-4(10)16-8(3)11/h2,5H,12H2,1H3. The van der Waals surface area contributed by atoms with E-state index in [-0.39, 0.29) is 0 Å². The van der Waals surface area contributed by atoms with Gasteiger partial charge in [-0.15, -0.1) is 16.4 Å². The number of aryl methyl sites for hydroxylation is 1. The van der Waals surface area contributed by atoms with Crippen LogP contribution >= 0.6 is 50.5 Å². The molecular weight excluding hydrogens is 335 g/mol. The third-order valence-corrected chi connectivity index (χ3v) is 4.22. The molecule has 2 N–H and O–H groups in total. The monoisotopic (exact) mass is 340 g/mol. The fourth-order valence-electron chi connectivity index (χ4n) is 1.38. The number of hydrogen-bond acceptors (Lipinski definition) is 4. The Hall–Kier alpha value is -0.140. The molecule has 1 unspecified atom stereocenters. The normalized spacial score (nSPS) is 13.1. The minimum Gasteiger partial charge on any atom is -0.319 e. The molecule has 0 fully saturated rings. The van der Waals surface area contributed by atoms with E-state index >= 15 is 0 Å². The zero-order valence-electron chi connectivity index (χ0n) is 8.12. The smallest absolute Gasteiger partial charge is 0.153 e. The Morgan fingerprint density at radius 3 is 2.69 bits per heavy atom. The van der Waals surface area contributed by atoms with Crippen LogP contribution in [0.4, 0.5) is 0 Å². The number of hydrogen-bond donors (Lipinski definition) is 1. The Bertz CT molecular complexity index is 505. The fraction of sp³-hybridized carbons (Fsp3) is 0.250. The van der Waals surface area contributed by atoms with Crippen molar-refractivity contribution in [1.82, 2.24) is 15.0 Å². The van der Waals surface area contributed by atoms with Crippen molar-refractivity contribution in [3.05, 3.63) is 30.6 Å². The molecule has 0 saturated heterocycles. The van der Waals surface area contributed by atoms with Crippen molar-refractivity contribution in [3.8, 4) is 0 Å². The van der Waals surface area contributed by atoms with Crippen molar-refractivity contribution < 1.29 is 0 Å². The molecule has 2 aromatic rings. The summed E-state index contributed by atoms with van der Waals surface area (Å²) in [6.45, 7) is 0. The summed E-state index contributed by atoms with van der Waals surface area (Å²) in [5.41, 5.74) is 7.65. The van der Waals surface area contributed by atoms with Gasteiger partial charge in [0.25, 0.3) is 0 Å². The molecule has 0 aromatic carbocycles. The fourth-order valence-corrected chi connectivity index (χ4v) is 3.51. The first kappa shape index (κ1) is 12.3. The predicted octanol–water partition coefficient (Wildman–Crippen LogP) is 2.99. The van der Waals surface area contributed by atoms with Crippen LogP contribution in [0.15, 0.2) is 10.7 Å². The molecule has 1 atom stereocenters. The first-order valence-corrected chi connectivity index (χ1v) is 6.62. The number of thiophene rings is 1. The molecule has 86 valence electrons. The van der Waals surface area contributed by atoms with E-state index in [1.54, 1.807) is 17.8 Å². The van der Waals surface area contributed by atoms with Gasteiger partial charge in [-0.2, -0.15) is 0 Å². The molecule has 0 radical (unpaired) electrons. The largest absolute Gasteiger partial charge is 0.319 e. The average Bonchev–Trinajstić information content (AvgIpc) is 2.70. The van der Waals surface area contributed by atoms with Crippen molar-refractivity contribution in [2.75, 3.05) is 0 Å². The third kappa shape index (κ3) is 2.12. The van der Waals surface area contributed by atoms with Gasteiger partial charge in [0.2, 0.25) is 0 Å². The molecule has 2 aromatic heterocycles. The Labute approximate surface area is 114 Å². The van der Waals surface area contributed by atoms with Gasteiger partial charge in [0.05, 0.1) is 20.4 Å². The quantitative estimate of drug-likeness (QED) is 0.913. The molecule has 0 aliphatic rings. The maximum atomic E-state index is 6.11. The number of aromatic nitrogens is 3. The van der Waals surface area contributed by atoms with Crippen molar-refractivity contribution in [2.45, 2.75) is 6.04 Å². The van der Waals surface area contributed by atoms with Crippen LogP contribution in [0.3, 0.4) is 0 Å². The molecule has 16 heavy (non-hydrogen) atoms. The lowest BCUT2D eigenvalue weighted by molar-refractivity contribution is 0.651. The second kappa shape index (κ2) is 4.62. The van der Waals surface area contributed by atoms with Gasteiger partial charge in [0.1, 0.15) is 0 Å². The lowest BCUT2D eigenvalue weighted by atomic mass is 10.1. The summed E-state index contributed by atoms with van der Waals surface area (Å²) in [5, 5.41) is 7.74. The Kier molecular flexibility index (Phi) is 3.56. The van der Waals surface area contributed by atoms with Gasteiger partial charge >= 0.3 is 0 Å². The number of nitrogens with zero attached hydrogens (tertiary/aromatic N) is 3. The maximum Gasteiger partial charge on any atom is 0.153 e. The van der Waals surface area contributed by atoms with Gasteiger partial charge in [0, 0.05) is 12.6 Å². The SMILES string of the molecule is Cn1nnc(Br)c1C(N)c1cc(Cl)sc1Cl. The van der Waals surface area contributed by atoms with Gasteiger partial charge in [-0.3, -0.25) is 0 Å². The summed E-state index contributed by atoms with van der Waals surface area (Å²) in [6.07, 6.45) is 0. The summed E-state index contributed by atoms with van der Waals surface area (Å²) in [6, 6.07) is 1.36. The highest BCUT2D eigenvalue weighted by molar-refractivity contribution is 9.10. The molecule has 0 aliphatic heterocycles. The minimum absolute atomic E-state index is 0.398. The molecule has 4 nitrogen and oxygen atoms in total. The van der Waals surface area contributed by atoms with Gasteiger partial charge < -0.3 is 5.73 Å². The zero-order valence-corrected chi connectivity index (χ0v) is 12.0. The van der Waals surface area contributed by atoms with Crippen molar-refractivity contribution in [3.63, 3.8) is 0 Å². The van der Waals surface area contributed by atoms with Crippen LogP contribution in [-0.4, -0.2) is 15.0 Å². The molecule has 0 aliphatic carbocycles. The van der Waals surface area contributed by atoms with Crippen LogP contribution in [0.2, 0.25) is 8.67 Å². The molecule has 0 bridgehead atoms. The Balaban J connectivity index is 2.46. The molecule has 0 spiro atoms. The van der Waals surface area contributed by atoms with Crippen LogP contribution in [0.25, 0.3) is 0 Å². The number of nitrogens with two attached hydrogens (primary N) is 1. The van der Waals surface area contributed by atoms with E-state index in [1.807, 2.05) is 0 Å².